The Morgan fingerprint density at radius 2 is 2.08 bits per heavy atom. The Bertz CT molecular complexity index is 744. The first-order valence-electron chi connectivity index (χ1n) is 8.40. The summed E-state index contributed by atoms with van der Waals surface area (Å²) in [4.78, 5) is 16.0. The van der Waals surface area contributed by atoms with E-state index in [1.54, 1.807) is 14.2 Å². The number of hydrogen-bond acceptors (Lipinski definition) is 5. The summed E-state index contributed by atoms with van der Waals surface area (Å²) in [6.07, 6.45) is 1.03. The predicted octanol–water partition coefficient (Wildman–Crippen LogP) is 3.00. The van der Waals surface area contributed by atoms with Crippen LogP contribution in [0.25, 0.3) is 0 Å². The highest BCUT2D eigenvalue weighted by molar-refractivity contribution is 7.10. The third kappa shape index (κ3) is 3.96. The molecule has 0 bridgehead atoms. The Kier molecular flexibility index (Phi) is 5.60. The van der Waals surface area contributed by atoms with Crippen LogP contribution in [-0.2, 0) is 17.8 Å². The summed E-state index contributed by atoms with van der Waals surface area (Å²) in [7, 11) is 3.22. The van der Waals surface area contributed by atoms with Gasteiger partial charge in [-0.15, -0.1) is 11.3 Å². The first kappa shape index (κ1) is 17.8. The van der Waals surface area contributed by atoms with Crippen molar-refractivity contribution >= 4 is 17.2 Å². The van der Waals surface area contributed by atoms with Gasteiger partial charge in [0.15, 0.2) is 11.5 Å². The zero-order valence-corrected chi connectivity index (χ0v) is 15.7. The largest absolute Gasteiger partial charge is 0.493 e. The van der Waals surface area contributed by atoms with Crippen molar-refractivity contribution in [1.29, 1.82) is 0 Å². The van der Waals surface area contributed by atoms with E-state index in [0.717, 1.165) is 18.5 Å². The number of thiophene rings is 1. The lowest BCUT2D eigenvalue weighted by Crippen LogP contribution is -2.41. The minimum atomic E-state index is 0.0420. The van der Waals surface area contributed by atoms with Crippen molar-refractivity contribution in [1.82, 2.24) is 10.2 Å². The highest BCUT2D eigenvalue weighted by atomic mass is 32.1. The van der Waals surface area contributed by atoms with E-state index in [1.165, 1.54) is 10.4 Å². The summed E-state index contributed by atoms with van der Waals surface area (Å²) in [5.74, 6) is 1.40. The molecule has 1 aliphatic rings. The Morgan fingerprint density at radius 1 is 1.28 bits per heavy atom. The van der Waals surface area contributed by atoms with Gasteiger partial charge in [-0.3, -0.25) is 9.69 Å². The zero-order valence-electron chi connectivity index (χ0n) is 14.9. The molecule has 2 heterocycles. The molecule has 6 heteroatoms. The highest BCUT2D eigenvalue weighted by Gasteiger charge is 2.25. The molecular weight excluding hydrogens is 336 g/mol. The number of hydrogen-bond donors (Lipinski definition) is 1. The number of amides is 1. The molecule has 2 aromatic rings. The second-order valence-electron chi connectivity index (χ2n) is 6.16. The third-order valence-corrected chi connectivity index (χ3v) is 5.68. The molecule has 134 valence electrons. The maximum absolute atomic E-state index is 12.4. The average molecular weight is 360 g/mol. The van der Waals surface area contributed by atoms with Gasteiger partial charge in [0.25, 0.3) is 0 Å². The maximum atomic E-state index is 12.4. The van der Waals surface area contributed by atoms with Gasteiger partial charge in [-0.2, -0.15) is 0 Å². The second-order valence-corrected chi connectivity index (χ2v) is 7.16. The van der Waals surface area contributed by atoms with Crippen LogP contribution in [0.2, 0.25) is 0 Å². The van der Waals surface area contributed by atoms with E-state index in [4.69, 9.17) is 9.47 Å². The normalized spacial score (nSPS) is 17.0. The van der Waals surface area contributed by atoms with E-state index in [0.29, 0.717) is 30.6 Å². The molecule has 25 heavy (non-hydrogen) atoms. The van der Waals surface area contributed by atoms with Gasteiger partial charge < -0.3 is 14.8 Å². The van der Waals surface area contributed by atoms with E-state index in [1.807, 2.05) is 29.5 Å². The lowest BCUT2D eigenvalue weighted by atomic mass is 10.0. The number of methoxy groups -OCH3 is 2. The van der Waals surface area contributed by atoms with Crippen LogP contribution in [0.15, 0.2) is 29.6 Å². The van der Waals surface area contributed by atoms with Gasteiger partial charge in [-0.25, -0.2) is 0 Å². The van der Waals surface area contributed by atoms with Crippen LogP contribution in [0.3, 0.4) is 0 Å². The Balaban J connectivity index is 1.55. The average Bonchev–Trinajstić information content (AvgIpc) is 3.11. The van der Waals surface area contributed by atoms with Crippen molar-refractivity contribution in [3.05, 3.63) is 45.6 Å². The molecule has 0 aliphatic carbocycles. The lowest BCUT2D eigenvalue weighted by molar-refractivity contribution is -0.123. The van der Waals surface area contributed by atoms with Crippen molar-refractivity contribution in [2.45, 2.75) is 25.9 Å². The molecule has 1 atom stereocenters. The molecule has 0 fully saturated rings. The number of nitrogens with zero attached hydrogens (tertiary/aromatic N) is 1. The Hall–Kier alpha value is -2.05. The molecular formula is C19H24N2O3S. The molecule has 0 spiro atoms. The SMILES string of the molecule is COc1ccc(CNC(=O)CN2CCc3sccc3[C@@H]2C)cc1OC. The van der Waals surface area contributed by atoms with Crippen molar-refractivity contribution in [2.24, 2.45) is 0 Å². The molecule has 1 N–H and O–H groups in total. The monoisotopic (exact) mass is 360 g/mol. The third-order valence-electron chi connectivity index (χ3n) is 4.69. The first-order chi connectivity index (χ1) is 12.1. The molecule has 0 saturated heterocycles. The van der Waals surface area contributed by atoms with E-state index in [2.05, 4.69) is 28.6 Å². The van der Waals surface area contributed by atoms with Crippen molar-refractivity contribution < 1.29 is 14.3 Å². The molecule has 0 unspecified atom stereocenters. The number of carbonyl (C=O) groups is 1. The minimum Gasteiger partial charge on any atom is -0.493 e. The predicted molar refractivity (Wildman–Crippen MR) is 99.4 cm³/mol. The number of rotatable bonds is 6. The molecule has 5 nitrogen and oxygen atoms in total. The van der Waals surface area contributed by atoms with E-state index in [-0.39, 0.29) is 5.91 Å². The fraction of sp³-hybridized carbons (Fsp3) is 0.421. The van der Waals surface area contributed by atoms with Gasteiger partial charge in [0, 0.05) is 24.0 Å². The van der Waals surface area contributed by atoms with Gasteiger partial charge >= 0.3 is 0 Å². The number of ether oxygens (including phenoxy) is 2. The summed E-state index contributed by atoms with van der Waals surface area (Å²) in [5, 5.41) is 5.14. The Labute approximate surface area is 152 Å². The Morgan fingerprint density at radius 3 is 2.84 bits per heavy atom. The minimum absolute atomic E-state index is 0.0420. The molecule has 1 aromatic carbocycles. The van der Waals surface area contributed by atoms with Crippen molar-refractivity contribution in [2.75, 3.05) is 27.3 Å². The number of fused-ring (bicyclic) bond motifs is 1. The van der Waals surface area contributed by atoms with Gasteiger partial charge in [-0.1, -0.05) is 6.07 Å². The van der Waals surface area contributed by atoms with Crippen LogP contribution in [0.4, 0.5) is 0 Å². The summed E-state index contributed by atoms with van der Waals surface area (Å²) < 4.78 is 10.5. The van der Waals surface area contributed by atoms with Crippen LogP contribution in [-0.4, -0.2) is 38.1 Å². The maximum Gasteiger partial charge on any atom is 0.234 e. The topological polar surface area (TPSA) is 50.8 Å². The van der Waals surface area contributed by atoms with Crippen molar-refractivity contribution in [3.63, 3.8) is 0 Å². The van der Waals surface area contributed by atoms with Crippen LogP contribution < -0.4 is 14.8 Å². The molecule has 0 saturated carbocycles. The smallest absolute Gasteiger partial charge is 0.234 e. The standard InChI is InChI=1S/C19H24N2O3S/c1-13-15-7-9-25-18(15)6-8-21(13)12-19(22)20-11-14-4-5-16(23-2)17(10-14)24-3/h4-5,7,9-10,13H,6,8,11-12H2,1-3H3,(H,20,22)/t13-/m0/s1. The van der Waals surface area contributed by atoms with E-state index in [9.17, 15) is 4.79 Å². The quantitative estimate of drug-likeness (QED) is 0.860. The highest BCUT2D eigenvalue weighted by Crippen LogP contribution is 2.32. The summed E-state index contributed by atoms with van der Waals surface area (Å²) in [6, 6.07) is 8.15. The fourth-order valence-electron chi connectivity index (χ4n) is 3.21. The molecule has 1 amide bonds. The van der Waals surface area contributed by atoms with Gasteiger partial charge in [0.1, 0.15) is 0 Å². The molecule has 1 aliphatic heterocycles. The summed E-state index contributed by atoms with van der Waals surface area (Å²) >= 11 is 1.81. The fourth-order valence-corrected chi connectivity index (χ4v) is 4.17. The zero-order chi connectivity index (χ0) is 17.8. The van der Waals surface area contributed by atoms with Crippen LogP contribution >= 0.6 is 11.3 Å². The molecule has 1 aromatic heterocycles. The van der Waals surface area contributed by atoms with Crippen molar-refractivity contribution in [3.8, 4) is 11.5 Å². The van der Waals surface area contributed by atoms with Gasteiger partial charge in [0.05, 0.1) is 20.8 Å². The molecule has 3 rings (SSSR count). The number of nitrogens with one attached hydrogen (secondary N) is 1. The van der Waals surface area contributed by atoms with E-state index < -0.39 is 0 Å². The van der Waals surface area contributed by atoms with Crippen LogP contribution in [0, 0.1) is 0 Å². The van der Waals surface area contributed by atoms with Crippen LogP contribution in [0.5, 0.6) is 11.5 Å². The van der Waals surface area contributed by atoms with E-state index >= 15 is 0 Å². The number of carbonyl (C=O) groups excluding carboxylic acids is 1. The second kappa shape index (κ2) is 7.89. The van der Waals surface area contributed by atoms with Crippen LogP contribution in [0.1, 0.15) is 29.0 Å². The summed E-state index contributed by atoms with van der Waals surface area (Å²) in [5.41, 5.74) is 2.35. The van der Waals surface area contributed by atoms with Gasteiger partial charge in [-0.05, 0) is 48.1 Å². The number of benzene rings is 1. The first-order valence-corrected chi connectivity index (χ1v) is 9.28. The van der Waals surface area contributed by atoms with Gasteiger partial charge in [0.2, 0.25) is 5.91 Å². The summed E-state index contributed by atoms with van der Waals surface area (Å²) in [6.45, 7) is 4.00. The molecule has 0 radical (unpaired) electrons. The lowest BCUT2D eigenvalue weighted by Gasteiger charge is -2.32.